The highest BCUT2D eigenvalue weighted by Gasteiger charge is 2.34. The first-order valence-electron chi connectivity index (χ1n) is 8.44. The van der Waals surface area contributed by atoms with Crippen LogP contribution in [0.3, 0.4) is 0 Å². The molecule has 6 nitrogen and oxygen atoms in total. The summed E-state index contributed by atoms with van der Waals surface area (Å²) in [5.74, 6) is -0.623. The normalized spacial score (nSPS) is 11.9. The molecule has 2 aromatic rings. The molecule has 0 aliphatic carbocycles. The van der Waals surface area contributed by atoms with E-state index >= 15 is 0 Å². The minimum absolute atomic E-state index is 0.116. The lowest BCUT2D eigenvalue weighted by Crippen LogP contribution is -2.56. The number of anilines is 2. The lowest BCUT2D eigenvalue weighted by molar-refractivity contribution is -0.114. The number of thiocarbonyl (C=S) groups is 1. The van der Waals surface area contributed by atoms with Crippen molar-refractivity contribution < 1.29 is 9.59 Å². The van der Waals surface area contributed by atoms with E-state index in [9.17, 15) is 9.59 Å². The van der Waals surface area contributed by atoms with Crippen LogP contribution in [0.1, 0.15) is 22.8 Å². The van der Waals surface area contributed by atoms with E-state index in [4.69, 9.17) is 47.0 Å². The van der Waals surface area contributed by atoms with Crippen LogP contribution in [0.5, 0.6) is 0 Å². The maximum absolute atomic E-state index is 12.5. The SMILES string of the molecule is CC(=O)Nc1cccc(NC(=S)N[C@@H](NC(=O)c2ccc(C)cc2)C(Cl)(Cl)Cl)c1. The van der Waals surface area contributed by atoms with Gasteiger partial charge in [0.15, 0.2) is 5.11 Å². The first kappa shape index (κ1) is 23.2. The minimum atomic E-state index is -1.87. The Kier molecular flexibility index (Phi) is 8.10. The van der Waals surface area contributed by atoms with Gasteiger partial charge < -0.3 is 21.3 Å². The largest absolute Gasteiger partial charge is 0.339 e. The van der Waals surface area contributed by atoms with Crippen LogP contribution < -0.4 is 21.3 Å². The number of hydrogen-bond acceptors (Lipinski definition) is 3. The van der Waals surface area contributed by atoms with E-state index in [2.05, 4.69) is 21.3 Å². The number of halogens is 3. The van der Waals surface area contributed by atoms with E-state index in [0.717, 1.165) is 5.56 Å². The summed E-state index contributed by atoms with van der Waals surface area (Å²) < 4.78 is -1.87. The summed E-state index contributed by atoms with van der Waals surface area (Å²) in [7, 11) is 0. The van der Waals surface area contributed by atoms with Crippen molar-refractivity contribution >= 4 is 75.3 Å². The average Bonchev–Trinajstić information content (AvgIpc) is 2.60. The molecule has 0 unspecified atom stereocenters. The topological polar surface area (TPSA) is 82.3 Å². The van der Waals surface area contributed by atoms with E-state index in [0.29, 0.717) is 16.9 Å². The predicted octanol–water partition coefficient (Wildman–Crippen LogP) is 4.37. The highest BCUT2D eigenvalue weighted by atomic mass is 35.6. The summed E-state index contributed by atoms with van der Waals surface area (Å²) in [6.07, 6.45) is -1.10. The second-order valence-corrected chi connectivity index (χ2v) is 8.95. The minimum Gasteiger partial charge on any atom is -0.339 e. The second-order valence-electron chi connectivity index (χ2n) is 6.17. The van der Waals surface area contributed by atoms with Crippen LogP contribution in [0, 0.1) is 6.92 Å². The Morgan fingerprint density at radius 2 is 1.55 bits per heavy atom. The average molecular weight is 474 g/mol. The lowest BCUT2D eigenvalue weighted by atomic mass is 10.1. The van der Waals surface area contributed by atoms with Crippen LogP contribution in [0.25, 0.3) is 0 Å². The van der Waals surface area contributed by atoms with E-state index < -0.39 is 15.9 Å². The molecule has 0 aromatic heterocycles. The molecule has 2 amide bonds. The van der Waals surface area contributed by atoms with Gasteiger partial charge in [-0.3, -0.25) is 9.59 Å². The van der Waals surface area contributed by atoms with E-state index in [1.807, 2.05) is 6.92 Å². The fourth-order valence-corrected chi connectivity index (χ4v) is 2.86. The first-order valence-corrected chi connectivity index (χ1v) is 9.98. The molecular weight excluding hydrogens is 455 g/mol. The lowest BCUT2D eigenvalue weighted by Gasteiger charge is -2.28. The van der Waals surface area contributed by atoms with Gasteiger partial charge in [-0.05, 0) is 49.5 Å². The van der Waals surface area contributed by atoms with Crippen LogP contribution >= 0.6 is 47.0 Å². The van der Waals surface area contributed by atoms with Crippen molar-refractivity contribution in [3.63, 3.8) is 0 Å². The number of aryl methyl sites for hydroxylation is 1. The second kappa shape index (κ2) is 10.1. The van der Waals surface area contributed by atoms with Crippen molar-refractivity contribution in [2.45, 2.75) is 23.8 Å². The van der Waals surface area contributed by atoms with Crippen molar-refractivity contribution in [2.75, 3.05) is 10.6 Å². The summed E-state index contributed by atoms with van der Waals surface area (Å²) in [5, 5.41) is 11.1. The predicted molar refractivity (Wildman–Crippen MR) is 123 cm³/mol. The zero-order valence-electron chi connectivity index (χ0n) is 15.6. The molecule has 0 saturated carbocycles. The Balaban J connectivity index is 2.06. The van der Waals surface area contributed by atoms with Crippen LogP contribution in [-0.2, 0) is 4.79 Å². The van der Waals surface area contributed by atoms with Crippen molar-refractivity contribution in [1.29, 1.82) is 0 Å². The standard InChI is InChI=1S/C19H19Cl3N4O2S/c1-11-6-8-13(9-7-11)16(28)25-17(19(20,21)22)26-18(29)24-15-5-3-4-14(10-15)23-12(2)27/h3-10,17H,1-2H3,(H,23,27)(H,25,28)(H2,24,26,29)/t17-/m1/s1. The van der Waals surface area contributed by atoms with Gasteiger partial charge in [0, 0.05) is 23.9 Å². The summed E-state index contributed by atoms with van der Waals surface area (Å²) in [4.78, 5) is 23.7. The fourth-order valence-electron chi connectivity index (χ4n) is 2.30. The Bertz CT molecular complexity index is 901. The fraction of sp³-hybridized carbons (Fsp3) is 0.211. The number of hydrogen-bond donors (Lipinski definition) is 4. The van der Waals surface area contributed by atoms with E-state index in [1.165, 1.54) is 6.92 Å². The molecule has 0 aliphatic rings. The number of amides is 2. The van der Waals surface area contributed by atoms with Gasteiger partial charge in [-0.2, -0.15) is 0 Å². The number of rotatable bonds is 5. The van der Waals surface area contributed by atoms with Crippen molar-refractivity contribution in [3.05, 3.63) is 59.7 Å². The third kappa shape index (κ3) is 7.70. The van der Waals surface area contributed by atoms with Crippen LogP contribution in [0.15, 0.2) is 48.5 Å². The maximum atomic E-state index is 12.5. The zero-order valence-corrected chi connectivity index (χ0v) is 18.6. The number of benzene rings is 2. The Morgan fingerprint density at radius 3 is 2.10 bits per heavy atom. The molecule has 4 N–H and O–H groups in total. The molecule has 0 bridgehead atoms. The van der Waals surface area contributed by atoms with Gasteiger partial charge in [0.25, 0.3) is 5.91 Å². The van der Waals surface area contributed by atoms with Gasteiger partial charge >= 0.3 is 0 Å². The molecule has 1 atom stereocenters. The number of carbonyl (C=O) groups excluding carboxylic acids is 2. The molecule has 0 radical (unpaired) electrons. The summed E-state index contributed by atoms with van der Waals surface area (Å²) >= 11 is 23.3. The zero-order chi connectivity index (χ0) is 21.6. The molecule has 0 heterocycles. The Labute approximate surface area is 189 Å². The highest BCUT2D eigenvalue weighted by Crippen LogP contribution is 2.29. The van der Waals surface area contributed by atoms with Gasteiger partial charge in [-0.15, -0.1) is 0 Å². The highest BCUT2D eigenvalue weighted by molar-refractivity contribution is 7.80. The third-order valence-electron chi connectivity index (χ3n) is 3.63. The van der Waals surface area contributed by atoms with Gasteiger partial charge in [-0.25, -0.2) is 0 Å². The van der Waals surface area contributed by atoms with Crippen molar-refractivity contribution in [2.24, 2.45) is 0 Å². The molecule has 29 heavy (non-hydrogen) atoms. The Hall–Kier alpha value is -2.06. The smallest absolute Gasteiger partial charge is 0.252 e. The molecule has 10 heteroatoms. The van der Waals surface area contributed by atoms with Crippen molar-refractivity contribution in [1.82, 2.24) is 10.6 Å². The number of alkyl halides is 3. The molecule has 0 fully saturated rings. The molecule has 2 aromatic carbocycles. The molecule has 154 valence electrons. The number of carbonyl (C=O) groups is 2. The molecule has 2 rings (SSSR count). The van der Waals surface area contributed by atoms with Gasteiger partial charge in [0.2, 0.25) is 9.70 Å². The van der Waals surface area contributed by atoms with Gasteiger partial charge in [-0.1, -0.05) is 58.6 Å². The van der Waals surface area contributed by atoms with Gasteiger partial charge in [0.1, 0.15) is 6.17 Å². The summed E-state index contributed by atoms with van der Waals surface area (Å²) in [6.45, 7) is 3.33. The van der Waals surface area contributed by atoms with Crippen LogP contribution in [-0.4, -0.2) is 26.9 Å². The van der Waals surface area contributed by atoms with Crippen LogP contribution in [0.2, 0.25) is 0 Å². The quantitative estimate of drug-likeness (QED) is 0.295. The van der Waals surface area contributed by atoms with E-state index in [-0.39, 0.29) is 11.0 Å². The molecular formula is C19H19Cl3N4O2S. The van der Waals surface area contributed by atoms with Crippen molar-refractivity contribution in [3.8, 4) is 0 Å². The monoisotopic (exact) mass is 472 g/mol. The molecule has 0 saturated heterocycles. The molecule has 0 aliphatic heterocycles. The first-order chi connectivity index (χ1) is 13.5. The van der Waals surface area contributed by atoms with Crippen LogP contribution in [0.4, 0.5) is 11.4 Å². The third-order valence-corrected chi connectivity index (χ3v) is 4.51. The van der Waals surface area contributed by atoms with Gasteiger partial charge in [0.05, 0.1) is 0 Å². The maximum Gasteiger partial charge on any atom is 0.252 e. The number of nitrogens with one attached hydrogen (secondary N) is 4. The summed E-state index contributed by atoms with van der Waals surface area (Å²) in [5.41, 5.74) is 2.63. The summed E-state index contributed by atoms with van der Waals surface area (Å²) in [6, 6.07) is 13.9. The molecule has 0 spiro atoms. The van der Waals surface area contributed by atoms with E-state index in [1.54, 1.807) is 48.5 Å². The Morgan fingerprint density at radius 1 is 0.966 bits per heavy atom.